The lowest BCUT2D eigenvalue weighted by molar-refractivity contribution is -0.114. The minimum atomic E-state index is 0.167. The van der Waals surface area contributed by atoms with Gasteiger partial charge in [0.1, 0.15) is 5.78 Å². The molecule has 2 aromatic rings. The van der Waals surface area contributed by atoms with Crippen LogP contribution in [0.2, 0.25) is 0 Å². The van der Waals surface area contributed by atoms with Crippen LogP contribution in [0, 0.1) is 0 Å². The highest BCUT2D eigenvalue weighted by atomic mass is 16.1. The molecule has 0 fully saturated rings. The zero-order valence-electron chi connectivity index (χ0n) is 10.5. The highest BCUT2D eigenvalue weighted by Crippen LogP contribution is 2.11. The molecule has 0 saturated heterocycles. The largest absolute Gasteiger partial charge is 0.300 e. The summed E-state index contributed by atoms with van der Waals surface area (Å²) in [7, 11) is 0. The molecule has 0 saturated carbocycles. The van der Waals surface area contributed by atoms with E-state index in [4.69, 9.17) is 0 Å². The van der Waals surface area contributed by atoms with Crippen molar-refractivity contribution in [2.75, 3.05) is 0 Å². The molecule has 0 spiro atoms. The predicted octanol–water partition coefficient (Wildman–Crippen LogP) is 4.46. The Hall–Kier alpha value is -1.63. The molecule has 0 N–H and O–H groups in total. The third kappa shape index (κ3) is 5.97. The van der Waals surface area contributed by atoms with Gasteiger partial charge in [-0.2, -0.15) is 0 Å². The van der Waals surface area contributed by atoms with Crippen molar-refractivity contribution in [1.82, 2.24) is 0 Å². The van der Waals surface area contributed by atoms with Crippen molar-refractivity contribution < 1.29 is 4.79 Å². The number of Topliss-reactive ketones (excluding diaryl/α,β-unsaturated/α-hetero) is 1. The van der Waals surface area contributed by atoms with E-state index < -0.39 is 0 Å². The van der Waals surface area contributed by atoms with E-state index in [0.29, 0.717) is 0 Å². The smallest absolute Gasteiger partial charge is 0.126 e. The second-order valence-corrected chi connectivity index (χ2v) is 3.26. The van der Waals surface area contributed by atoms with Gasteiger partial charge in [-0.3, -0.25) is 0 Å². The molecular formula is C15H20O. The van der Waals surface area contributed by atoms with Crippen LogP contribution >= 0.6 is 0 Å². The minimum absolute atomic E-state index is 0.167. The van der Waals surface area contributed by atoms with Crippen LogP contribution in [0.4, 0.5) is 0 Å². The molecule has 1 heteroatoms. The summed E-state index contributed by atoms with van der Waals surface area (Å²) >= 11 is 0. The van der Waals surface area contributed by atoms with E-state index in [2.05, 4.69) is 48.5 Å². The lowest BCUT2D eigenvalue weighted by atomic mass is 10.1. The van der Waals surface area contributed by atoms with Gasteiger partial charge in [0, 0.05) is 0 Å². The molecule has 0 bridgehead atoms. The first kappa shape index (κ1) is 14.4. The molecule has 16 heavy (non-hydrogen) atoms. The third-order valence-corrected chi connectivity index (χ3v) is 1.66. The van der Waals surface area contributed by atoms with Crippen molar-refractivity contribution in [2.45, 2.75) is 27.7 Å². The Labute approximate surface area is 98.1 Å². The van der Waals surface area contributed by atoms with E-state index in [-0.39, 0.29) is 5.78 Å². The number of carbonyl (C=O) groups excluding carboxylic acids is 1. The quantitative estimate of drug-likeness (QED) is 0.635. The van der Waals surface area contributed by atoms with Crippen LogP contribution in [0.25, 0.3) is 10.8 Å². The number of hydrogen-bond donors (Lipinski definition) is 0. The molecule has 1 nitrogen and oxygen atoms in total. The number of benzene rings is 2. The number of carbonyl (C=O) groups is 1. The van der Waals surface area contributed by atoms with Crippen LogP contribution in [0.5, 0.6) is 0 Å². The fraction of sp³-hybridized carbons (Fsp3) is 0.267. The average Bonchev–Trinajstić information content (AvgIpc) is 2.31. The molecule has 0 unspecified atom stereocenters. The van der Waals surface area contributed by atoms with Crippen LogP contribution in [0.3, 0.4) is 0 Å². The molecule has 0 aliphatic heterocycles. The molecule has 0 aliphatic carbocycles. The Morgan fingerprint density at radius 1 is 0.750 bits per heavy atom. The SMILES string of the molecule is CC.CC(C)=O.c1ccc2ccccc2c1. The summed E-state index contributed by atoms with van der Waals surface area (Å²) in [5.41, 5.74) is 0. The van der Waals surface area contributed by atoms with Crippen molar-refractivity contribution in [3.8, 4) is 0 Å². The number of ketones is 1. The maximum atomic E-state index is 9.44. The topological polar surface area (TPSA) is 17.1 Å². The van der Waals surface area contributed by atoms with Crippen LogP contribution in [0.15, 0.2) is 48.5 Å². The van der Waals surface area contributed by atoms with Crippen molar-refractivity contribution in [3.63, 3.8) is 0 Å². The van der Waals surface area contributed by atoms with Crippen LogP contribution < -0.4 is 0 Å². The number of rotatable bonds is 0. The number of hydrogen-bond acceptors (Lipinski definition) is 1. The Kier molecular flexibility index (Phi) is 7.78. The normalized spacial score (nSPS) is 8.25. The van der Waals surface area contributed by atoms with Gasteiger partial charge in [-0.05, 0) is 24.6 Å². The molecule has 2 rings (SSSR count). The summed E-state index contributed by atoms with van der Waals surface area (Å²) in [5.74, 6) is 0.167. The summed E-state index contributed by atoms with van der Waals surface area (Å²) in [4.78, 5) is 9.44. The summed E-state index contributed by atoms with van der Waals surface area (Å²) < 4.78 is 0. The Balaban J connectivity index is 0.000000323. The summed E-state index contributed by atoms with van der Waals surface area (Å²) in [6, 6.07) is 16.7. The molecule has 0 radical (unpaired) electrons. The molecular weight excluding hydrogens is 196 g/mol. The third-order valence-electron chi connectivity index (χ3n) is 1.66. The Morgan fingerprint density at radius 2 is 0.938 bits per heavy atom. The van der Waals surface area contributed by atoms with Gasteiger partial charge in [0.15, 0.2) is 0 Å². The van der Waals surface area contributed by atoms with Gasteiger partial charge in [0.2, 0.25) is 0 Å². The van der Waals surface area contributed by atoms with Gasteiger partial charge >= 0.3 is 0 Å². The second kappa shape index (κ2) is 8.66. The fourth-order valence-electron chi connectivity index (χ4n) is 1.13. The maximum absolute atomic E-state index is 9.44. The van der Waals surface area contributed by atoms with Crippen molar-refractivity contribution in [3.05, 3.63) is 48.5 Å². The number of fused-ring (bicyclic) bond motifs is 1. The molecule has 0 aliphatic rings. The van der Waals surface area contributed by atoms with Gasteiger partial charge in [-0.25, -0.2) is 0 Å². The first-order valence-electron chi connectivity index (χ1n) is 5.61. The van der Waals surface area contributed by atoms with Gasteiger partial charge in [0.25, 0.3) is 0 Å². The zero-order chi connectivity index (χ0) is 12.4. The molecule has 0 heterocycles. The van der Waals surface area contributed by atoms with Gasteiger partial charge in [-0.1, -0.05) is 62.4 Å². The Morgan fingerprint density at radius 3 is 1.12 bits per heavy atom. The lowest BCUT2D eigenvalue weighted by Gasteiger charge is -1.92. The van der Waals surface area contributed by atoms with E-state index in [1.807, 2.05) is 13.8 Å². The summed E-state index contributed by atoms with van der Waals surface area (Å²) in [6.07, 6.45) is 0. The minimum Gasteiger partial charge on any atom is -0.300 e. The zero-order valence-corrected chi connectivity index (χ0v) is 10.5. The first-order chi connectivity index (χ1) is 7.70. The van der Waals surface area contributed by atoms with Gasteiger partial charge in [-0.15, -0.1) is 0 Å². The predicted molar refractivity (Wildman–Crippen MR) is 71.7 cm³/mol. The van der Waals surface area contributed by atoms with Crippen LogP contribution in [-0.2, 0) is 4.79 Å². The van der Waals surface area contributed by atoms with Crippen molar-refractivity contribution in [2.24, 2.45) is 0 Å². The van der Waals surface area contributed by atoms with Crippen LogP contribution in [0.1, 0.15) is 27.7 Å². The highest BCUT2D eigenvalue weighted by molar-refractivity contribution is 5.82. The monoisotopic (exact) mass is 216 g/mol. The standard InChI is InChI=1S/C10H8.C3H6O.C2H6/c1-2-6-10-8-4-3-7-9(10)5-1;1-3(2)4;1-2/h1-8H;1-2H3;1-2H3. The van der Waals surface area contributed by atoms with E-state index >= 15 is 0 Å². The summed E-state index contributed by atoms with van der Waals surface area (Å²) in [5, 5.41) is 2.62. The van der Waals surface area contributed by atoms with Crippen molar-refractivity contribution in [1.29, 1.82) is 0 Å². The fourth-order valence-corrected chi connectivity index (χ4v) is 1.13. The molecule has 86 valence electrons. The highest BCUT2D eigenvalue weighted by Gasteiger charge is 1.85. The van der Waals surface area contributed by atoms with E-state index in [9.17, 15) is 4.79 Å². The molecule has 2 aromatic carbocycles. The van der Waals surface area contributed by atoms with Gasteiger partial charge in [0.05, 0.1) is 0 Å². The average molecular weight is 216 g/mol. The molecule has 0 atom stereocenters. The van der Waals surface area contributed by atoms with Crippen LogP contribution in [-0.4, -0.2) is 5.78 Å². The lowest BCUT2D eigenvalue weighted by Crippen LogP contribution is -1.69. The maximum Gasteiger partial charge on any atom is 0.126 e. The summed E-state index contributed by atoms with van der Waals surface area (Å²) in [6.45, 7) is 7.06. The Bertz CT molecular complexity index is 349. The van der Waals surface area contributed by atoms with Gasteiger partial charge < -0.3 is 4.79 Å². The van der Waals surface area contributed by atoms with E-state index in [1.165, 1.54) is 24.6 Å². The second-order valence-electron chi connectivity index (χ2n) is 3.26. The first-order valence-corrected chi connectivity index (χ1v) is 5.61. The van der Waals surface area contributed by atoms with Crippen molar-refractivity contribution >= 4 is 16.6 Å². The van der Waals surface area contributed by atoms with E-state index in [0.717, 1.165) is 0 Å². The molecule has 0 aromatic heterocycles. The van der Waals surface area contributed by atoms with E-state index in [1.54, 1.807) is 0 Å². The molecule has 0 amide bonds.